The molecule has 1 atom stereocenters. The van der Waals surface area contributed by atoms with Crippen LogP contribution in [-0.4, -0.2) is 0 Å². The molecule has 1 aromatic rings. The van der Waals surface area contributed by atoms with Gasteiger partial charge < -0.3 is 18.9 Å². The lowest BCUT2D eigenvalue weighted by molar-refractivity contribution is -0.345. The van der Waals surface area contributed by atoms with E-state index in [4.69, 9.17) is 16.9 Å². The number of nitriles is 1. The molecule has 0 fully saturated rings. The van der Waals surface area contributed by atoms with Crippen molar-refractivity contribution < 1.29 is 18.9 Å². The zero-order valence-corrected chi connectivity index (χ0v) is 9.65. The second-order valence-corrected chi connectivity index (χ2v) is 4.50. The molecule has 0 radical (unpaired) electrons. The van der Waals surface area contributed by atoms with Gasteiger partial charge in [0.25, 0.3) is 0 Å². The minimum atomic E-state index is -5.11. The average Bonchev–Trinajstić information content (AvgIpc) is 2.16. The van der Waals surface area contributed by atoms with E-state index in [2.05, 4.69) is 4.52 Å². The summed E-state index contributed by atoms with van der Waals surface area (Å²) < 4.78 is 14.8. The SMILES string of the molecule is N#CCC(OP(=O)([O-])[O-])c1ccc(Cl)cc1. The highest BCUT2D eigenvalue weighted by atomic mass is 35.5. The smallest absolute Gasteiger partial charge is 0.101 e. The number of rotatable bonds is 4. The fourth-order valence-electron chi connectivity index (χ4n) is 1.13. The third-order valence-corrected chi connectivity index (χ3v) is 2.54. The Balaban J connectivity index is 2.90. The van der Waals surface area contributed by atoms with E-state index in [9.17, 15) is 14.4 Å². The van der Waals surface area contributed by atoms with Gasteiger partial charge in [0.2, 0.25) is 0 Å². The monoisotopic (exact) mass is 259 g/mol. The van der Waals surface area contributed by atoms with Crippen LogP contribution in [0.4, 0.5) is 0 Å². The van der Waals surface area contributed by atoms with Gasteiger partial charge in [-0.05, 0) is 17.7 Å². The van der Waals surface area contributed by atoms with E-state index in [1.54, 1.807) is 6.07 Å². The molecule has 0 aliphatic rings. The zero-order chi connectivity index (χ0) is 12.2. The molecule has 86 valence electrons. The van der Waals surface area contributed by atoms with Crippen LogP contribution in [0.1, 0.15) is 18.1 Å². The molecule has 0 aromatic heterocycles. The summed E-state index contributed by atoms with van der Waals surface area (Å²) in [5, 5.41) is 8.96. The summed E-state index contributed by atoms with van der Waals surface area (Å²) in [6.07, 6.45) is -1.31. The van der Waals surface area contributed by atoms with Crippen LogP contribution in [0.3, 0.4) is 0 Å². The molecule has 5 nitrogen and oxygen atoms in total. The molecule has 0 bridgehead atoms. The number of hydrogen-bond donors (Lipinski definition) is 0. The average molecular weight is 260 g/mol. The summed E-state index contributed by atoms with van der Waals surface area (Å²) in [6.45, 7) is 0. The Bertz CT molecular complexity index is 436. The van der Waals surface area contributed by atoms with Crippen molar-refractivity contribution in [2.75, 3.05) is 0 Å². The van der Waals surface area contributed by atoms with Gasteiger partial charge in [-0.1, -0.05) is 23.7 Å². The Hall–Kier alpha value is -0.890. The molecule has 7 heteroatoms. The first-order valence-electron chi connectivity index (χ1n) is 4.25. The first kappa shape index (κ1) is 13.2. The maximum atomic E-state index is 10.5. The van der Waals surface area contributed by atoms with Crippen LogP contribution in [0.15, 0.2) is 24.3 Å². The van der Waals surface area contributed by atoms with E-state index in [0.29, 0.717) is 10.6 Å². The first-order chi connectivity index (χ1) is 7.42. The van der Waals surface area contributed by atoms with E-state index in [0.717, 1.165) is 0 Å². The Kier molecular flexibility index (Phi) is 4.48. The maximum Gasteiger partial charge on any atom is 0.101 e. The van der Waals surface area contributed by atoms with Crippen molar-refractivity contribution in [1.82, 2.24) is 0 Å². The van der Waals surface area contributed by atoms with Crippen molar-refractivity contribution in [3.05, 3.63) is 34.9 Å². The van der Waals surface area contributed by atoms with Gasteiger partial charge in [-0.3, -0.25) is 0 Å². The number of nitrogens with zero attached hydrogens (tertiary/aromatic N) is 1. The number of benzene rings is 1. The van der Waals surface area contributed by atoms with Crippen LogP contribution in [0.25, 0.3) is 0 Å². The van der Waals surface area contributed by atoms with Crippen molar-refractivity contribution in [2.24, 2.45) is 0 Å². The Morgan fingerprint density at radius 1 is 1.44 bits per heavy atom. The van der Waals surface area contributed by atoms with Crippen LogP contribution in [0.2, 0.25) is 5.02 Å². The fourth-order valence-corrected chi connectivity index (χ4v) is 1.77. The third-order valence-electron chi connectivity index (χ3n) is 1.77. The van der Waals surface area contributed by atoms with Crippen LogP contribution in [0, 0.1) is 11.3 Å². The number of hydrogen-bond acceptors (Lipinski definition) is 5. The summed E-state index contributed by atoms with van der Waals surface area (Å²) in [4.78, 5) is 20.9. The number of phosphoric acid groups is 1. The predicted octanol–water partition coefficient (Wildman–Crippen LogP) is 1.14. The summed E-state index contributed by atoms with van der Waals surface area (Å²) in [6, 6.07) is 7.78. The quantitative estimate of drug-likeness (QED) is 0.755. The van der Waals surface area contributed by atoms with Gasteiger partial charge in [-0.15, -0.1) is 0 Å². The van der Waals surface area contributed by atoms with Gasteiger partial charge >= 0.3 is 0 Å². The lowest BCUT2D eigenvalue weighted by Gasteiger charge is -2.32. The normalized spacial score (nSPS) is 13.1. The summed E-state index contributed by atoms with van der Waals surface area (Å²) >= 11 is 5.64. The standard InChI is InChI=1S/C9H9ClNO4P/c10-8-3-1-7(2-4-8)9(5-6-11)15-16(12,13)14/h1-4,9H,5H2,(H2,12,13,14)/p-2. The molecule has 0 aliphatic heterocycles. The minimum Gasteiger partial charge on any atom is -0.790 e. The highest BCUT2D eigenvalue weighted by molar-refractivity contribution is 7.43. The van der Waals surface area contributed by atoms with Gasteiger partial charge in [0.15, 0.2) is 0 Å². The highest BCUT2D eigenvalue weighted by Gasteiger charge is 2.13. The van der Waals surface area contributed by atoms with Crippen LogP contribution in [0.5, 0.6) is 0 Å². The molecule has 0 aliphatic carbocycles. The van der Waals surface area contributed by atoms with Gasteiger partial charge in [0.1, 0.15) is 6.10 Å². The van der Waals surface area contributed by atoms with Crippen LogP contribution in [-0.2, 0) is 9.09 Å². The van der Waals surface area contributed by atoms with Crippen molar-refractivity contribution in [1.29, 1.82) is 5.26 Å². The fraction of sp³-hybridized carbons (Fsp3) is 0.222. The van der Waals surface area contributed by atoms with Crippen LogP contribution >= 0.6 is 19.4 Å². The molecular formula is C9H7ClNO4P-2. The Labute approximate surface area is 97.5 Å². The van der Waals surface area contributed by atoms with Gasteiger partial charge in [0.05, 0.1) is 20.3 Å². The molecule has 16 heavy (non-hydrogen) atoms. The topological polar surface area (TPSA) is 96.2 Å². The number of phosphoric ester groups is 1. The molecule has 0 amide bonds. The second-order valence-electron chi connectivity index (χ2n) is 2.96. The largest absolute Gasteiger partial charge is 0.790 e. The van der Waals surface area contributed by atoms with Gasteiger partial charge in [-0.2, -0.15) is 5.26 Å². The van der Waals surface area contributed by atoms with E-state index < -0.39 is 13.9 Å². The molecule has 0 spiro atoms. The molecule has 0 heterocycles. The van der Waals surface area contributed by atoms with E-state index in [1.807, 2.05) is 0 Å². The number of halogens is 1. The Morgan fingerprint density at radius 2 is 2.00 bits per heavy atom. The van der Waals surface area contributed by atoms with Crippen molar-refractivity contribution in [2.45, 2.75) is 12.5 Å². The molecule has 1 unspecified atom stereocenters. The lowest BCUT2D eigenvalue weighted by Crippen LogP contribution is -2.18. The molecule has 1 rings (SSSR count). The van der Waals surface area contributed by atoms with Crippen molar-refractivity contribution in [3.63, 3.8) is 0 Å². The highest BCUT2D eigenvalue weighted by Crippen LogP contribution is 2.36. The van der Waals surface area contributed by atoms with E-state index in [-0.39, 0.29) is 6.42 Å². The molecular weight excluding hydrogens is 253 g/mol. The van der Waals surface area contributed by atoms with Gasteiger partial charge in [0, 0.05) is 5.02 Å². The molecule has 1 aromatic carbocycles. The molecule has 0 saturated carbocycles. The summed E-state index contributed by atoms with van der Waals surface area (Å²) in [5.41, 5.74) is 0.415. The van der Waals surface area contributed by atoms with Crippen molar-refractivity contribution in [3.8, 4) is 6.07 Å². The second kappa shape index (κ2) is 5.44. The van der Waals surface area contributed by atoms with Gasteiger partial charge in [-0.25, -0.2) is 0 Å². The van der Waals surface area contributed by atoms with Crippen LogP contribution < -0.4 is 9.79 Å². The molecule has 0 N–H and O–H groups in total. The summed E-state index contributed by atoms with van der Waals surface area (Å²) in [7, 11) is -5.11. The minimum absolute atomic E-state index is 0.226. The maximum absolute atomic E-state index is 10.5. The van der Waals surface area contributed by atoms with E-state index in [1.165, 1.54) is 24.3 Å². The third kappa shape index (κ3) is 4.31. The molecule has 0 saturated heterocycles. The summed E-state index contributed by atoms with van der Waals surface area (Å²) in [5.74, 6) is 0. The first-order valence-corrected chi connectivity index (χ1v) is 6.09. The lowest BCUT2D eigenvalue weighted by atomic mass is 10.1. The predicted molar refractivity (Wildman–Crippen MR) is 53.1 cm³/mol. The van der Waals surface area contributed by atoms with Crippen molar-refractivity contribution >= 4 is 19.4 Å². The Morgan fingerprint density at radius 3 is 2.44 bits per heavy atom. The zero-order valence-electron chi connectivity index (χ0n) is 8.00. The van der Waals surface area contributed by atoms with E-state index >= 15 is 0 Å².